The zero-order chi connectivity index (χ0) is 14.8. The van der Waals surface area contributed by atoms with E-state index in [9.17, 15) is 5.11 Å². The predicted octanol–water partition coefficient (Wildman–Crippen LogP) is 2.68. The molecule has 0 aliphatic heterocycles. The molecule has 3 aromatic rings. The fourth-order valence-corrected chi connectivity index (χ4v) is 2.30. The van der Waals surface area contributed by atoms with E-state index in [4.69, 9.17) is 0 Å². The van der Waals surface area contributed by atoms with E-state index in [1.165, 1.54) is 4.80 Å². The lowest BCUT2D eigenvalue weighted by Gasteiger charge is -2.09. The number of phenols is 1. The minimum absolute atomic E-state index is 0.195. The zero-order valence-electron chi connectivity index (χ0n) is 12.0. The molecule has 106 valence electrons. The van der Waals surface area contributed by atoms with Crippen molar-refractivity contribution < 1.29 is 5.11 Å². The van der Waals surface area contributed by atoms with Crippen molar-refractivity contribution in [3.05, 3.63) is 47.5 Å². The summed E-state index contributed by atoms with van der Waals surface area (Å²) in [5.74, 6) is 0.195. The molecule has 3 rings (SSSR count). The molecule has 0 radical (unpaired) electrons. The van der Waals surface area contributed by atoms with Gasteiger partial charge in [-0.05, 0) is 30.7 Å². The molecule has 5 heteroatoms. The first-order valence-electron chi connectivity index (χ1n) is 6.74. The Morgan fingerprint density at radius 3 is 2.48 bits per heavy atom. The SMILES string of the molecule is CN=CCc1cc(C)cc(-n2nc3ccccc3n2)c1O. The van der Waals surface area contributed by atoms with Crippen LogP contribution in [-0.4, -0.2) is 33.4 Å². The summed E-state index contributed by atoms with van der Waals surface area (Å²) in [6.45, 7) is 1.98. The number of aromatic hydroxyl groups is 1. The Labute approximate surface area is 122 Å². The van der Waals surface area contributed by atoms with Crippen LogP contribution in [0.1, 0.15) is 11.1 Å². The molecule has 0 amide bonds. The van der Waals surface area contributed by atoms with E-state index in [1.807, 2.05) is 43.3 Å². The van der Waals surface area contributed by atoms with Gasteiger partial charge >= 0.3 is 0 Å². The normalized spacial score (nSPS) is 11.5. The van der Waals surface area contributed by atoms with E-state index < -0.39 is 0 Å². The van der Waals surface area contributed by atoms with Gasteiger partial charge in [0.05, 0.1) is 0 Å². The lowest BCUT2D eigenvalue weighted by Crippen LogP contribution is -2.02. The van der Waals surface area contributed by atoms with Gasteiger partial charge < -0.3 is 10.1 Å². The molecule has 21 heavy (non-hydrogen) atoms. The molecule has 0 unspecified atom stereocenters. The Balaban J connectivity index is 2.14. The number of nitrogens with zero attached hydrogens (tertiary/aromatic N) is 4. The summed E-state index contributed by atoms with van der Waals surface area (Å²) in [7, 11) is 1.72. The van der Waals surface area contributed by atoms with Gasteiger partial charge in [-0.3, -0.25) is 0 Å². The number of aliphatic imine (C=N–C) groups is 1. The van der Waals surface area contributed by atoms with Crippen LogP contribution in [0.2, 0.25) is 0 Å². The Hall–Kier alpha value is -2.69. The Morgan fingerprint density at radius 1 is 1.19 bits per heavy atom. The standard InChI is InChI=1S/C16H16N4O/c1-11-9-12(7-8-17-2)16(21)15(10-11)20-18-13-5-3-4-6-14(13)19-20/h3-6,8-10,21H,7H2,1-2H3. The highest BCUT2D eigenvalue weighted by molar-refractivity contribution is 5.74. The highest BCUT2D eigenvalue weighted by Gasteiger charge is 2.12. The second kappa shape index (κ2) is 5.36. The molecule has 1 aromatic heterocycles. The van der Waals surface area contributed by atoms with Crippen LogP contribution in [0, 0.1) is 6.92 Å². The summed E-state index contributed by atoms with van der Waals surface area (Å²) < 4.78 is 0. The van der Waals surface area contributed by atoms with Crippen molar-refractivity contribution in [1.29, 1.82) is 0 Å². The molecule has 0 spiro atoms. The summed E-state index contributed by atoms with van der Waals surface area (Å²) in [4.78, 5) is 5.45. The number of aryl methyl sites for hydroxylation is 1. The van der Waals surface area contributed by atoms with Gasteiger partial charge in [0.15, 0.2) is 0 Å². The van der Waals surface area contributed by atoms with Crippen molar-refractivity contribution in [2.24, 2.45) is 4.99 Å². The third-order valence-electron chi connectivity index (χ3n) is 3.31. The quantitative estimate of drug-likeness (QED) is 0.750. The van der Waals surface area contributed by atoms with Crippen molar-refractivity contribution >= 4 is 17.2 Å². The topological polar surface area (TPSA) is 63.3 Å². The minimum Gasteiger partial charge on any atom is -0.505 e. The maximum Gasteiger partial charge on any atom is 0.146 e. The van der Waals surface area contributed by atoms with Gasteiger partial charge in [0.25, 0.3) is 0 Å². The fraction of sp³-hybridized carbons (Fsp3) is 0.188. The van der Waals surface area contributed by atoms with Gasteiger partial charge in [-0.2, -0.15) is 0 Å². The first-order valence-corrected chi connectivity index (χ1v) is 6.74. The first kappa shape index (κ1) is 13.3. The maximum absolute atomic E-state index is 10.5. The van der Waals surface area contributed by atoms with Crippen LogP contribution in [0.5, 0.6) is 5.75 Å². The van der Waals surface area contributed by atoms with Gasteiger partial charge in [-0.1, -0.05) is 18.2 Å². The maximum atomic E-state index is 10.5. The first-order chi connectivity index (χ1) is 10.2. The monoisotopic (exact) mass is 280 g/mol. The van der Waals surface area contributed by atoms with Crippen molar-refractivity contribution in [1.82, 2.24) is 15.0 Å². The second-order valence-corrected chi connectivity index (χ2v) is 4.91. The Morgan fingerprint density at radius 2 is 1.86 bits per heavy atom. The molecule has 0 fully saturated rings. The smallest absolute Gasteiger partial charge is 0.146 e. The van der Waals surface area contributed by atoms with Gasteiger partial charge in [-0.15, -0.1) is 15.0 Å². The van der Waals surface area contributed by atoms with Crippen molar-refractivity contribution in [3.63, 3.8) is 0 Å². The molecular formula is C16H16N4O. The van der Waals surface area contributed by atoms with Gasteiger partial charge in [0.2, 0.25) is 0 Å². The van der Waals surface area contributed by atoms with Crippen LogP contribution >= 0.6 is 0 Å². The van der Waals surface area contributed by atoms with Crippen LogP contribution < -0.4 is 0 Å². The number of benzene rings is 2. The molecule has 2 aromatic carbocycles. The summed E-state index contributed by atoms with van der Waals surface area (Å²) in [6.07, 6.45) is 2.35. The van der Waals surface area contributed by atoms with Crippen LogP contribution in [0.4, 0.5) is 0 Å². The average molecular weight is 280 g/mol. The molecular weight excluding hydrogens is 264 g/mol. The lowest BCUT2D eigenvalue weighted by molar-refractivity contribution is 0.462. The molecule has 0 saturated heterocycles. The Kier molecular flexibility index (Phi) is 3.39. The zero-order valence-corrected chi connectivity index (χ0v) is 12.0. The molecule has 0 aliphatic rings. The van der Waals surface area contributed by atoms with Gasteiger partial charge in [-0.25, -0.2) is 0 Å². The van der Waals surface area contributed by atoms with E-state index in [0.717, 1.165) is 22.2 Å². The molecule has 0 atom stereocenters. The highest BCUT2D eigenvalue weighted by Crippen LogP contribution is 2.28. The predicted molar refractivity (Wildman–Crippen MR) is 83.4 cm³/mol. The average Bonchev–Trinajstić information content (AvgIpc) is 2.91. The van der Waals surface area contributed by atoms with E-state index in [-0.39, 0.29) is 5.75 Å². The van der Waals surface area contributed by atoms with E-state index in [2.05, 4.69) is 15.2 Å². The number of fused-ring (bicyclic) bond motifs is 1. The number of aromatic nitrogens is 3. The number of hydrogen-bond donors (Lipinski definition) is 1. The largest absolute Gasteiger partial charge is 0.505 e. The van der Waals surface area contributed by atoms with Gasteiger partial charge in [0, 0.05) is 25.2 Å². The molecule has 5 nitrogen and oxygen atoms in total. The van der Waals surface area contributed by atoms with Crippen molar-refractivity contribution in [2.45, 2.75) is 13.3 Å². The van der Waals surface area contributed by atoms with Crippen molar-refractivity contribution in [2.75, 3.05) is 7.05 Å². The Bertz CT molecular complexity index is 787. The third kappa shape index (κ3) is 2.50. The van der Waals surface area contributed by atoms with E-state index in [1.54, 1.807) is 13.3 Å². The van der Waals surface area contributed by atoms with Crippen LogP contribution in [0.15, 0.2) is 41.4 Å². The van der Waals surface area contributed by atoms with Gasteiger partial charge in [0.1, 0.15) is 22.5 Å². The molecule has 0 saturated carbocycles. The third-order valence-corrected chi connectivity index (χ3v) is 3.31. The summed E-state index contributed by atoms with van der Waals surface area (Å²) in [5, 5.41) is 19.3. The van der Waals surface area contributed by atoms with E-state index in [0.29, 0.717) is 12.1 Å². The second-order valence-electron chi connectivity index (χ2n) is 4.91. The molecule has 0 aliphatic carbocycles. The molecule has 1 N–H and O–H groups in total. The van der Waals surface area contributed by atoms with E-state index >= 15 is 0 Å². The van der Waals surface area contributed by atoms with Crippen LogP contribution in [-0.2, 0) is 6.42 Å². The number of phenolic OH excluding ortho intramolecular Hbond substituents is 1. The number of hydrogen-bond acceptors (Lipinski definition) is 4. The summed E-state index contributed by atoms with van der Waals surface area (Å²) in [5.41, 5.74) is 4.05. The fourth-order valence-electron chi connectivity index (χ4n) is 2.30. The minimum atomic E-state index is 0.195. The highest BCUT2D eigenvalue weighted by atomic mass is 16.3. The lowest BCUT2D eigenvalue weighted by atomic mass is 10.1. The summed E-state index contributed by atoms with van der Waals surface area (Å²) >= 11 is 0. The van der Waals surface area contributed by atoms with Crippen molar-refractivity contribution in [3.8, 4) is 11.4 Å². The summed E-state index contributed by atoms with van der Waals surface area (Å²) in [6, 6.07) is 11.5. The molecule has 1 heterocycles. The molecule has 0 bridgehead atoms. The number of rotatable bonds is 3. The van der Waals surface area contributed by atoms with Crippen LogP contribution in [0.25, 0.3) is 16.7 Å². The van der Waals surface area contributed by atoms with Crippen LogP contribution in [0.3, 0.4) is 0 Å².